The fraction of sp³-hybridized carbons (Fsp3) is 0.658. The van der Waals surface area contributed by atoms with Gasteiger partial charge in [-0.15, -0.1) is 0 Å². The van der Waals surface area contributed by atoms with Gasteiger partial charge in [-0.1, -0.05) is 31.0 Å². The normalized spacial score (nSPS) is 37.4. The highest BCUT2D eigenvalue weighted by atomic mass is 35.5. The van der Waals surface area contributed by atoms with Crippen LogP contribution in [-0.4, -0.2) is 86.7 Å². The Hall–Kier alpha value is -2.37. The molecule has 266 valence electrons. The van der Waals surface area contributed by atoms with Gasteiger partial charge in [-0.2, -0.15) is 0 Å². The van der Waals surface area contributed by atoms with E-state index < -0.39 is 26.8 Å². The van der Waals surface area contributed by atoms with Crippen LogP contribution in [0.15, 0.2) is 36.4 Å². The zero-order valence-electron chi connectivity index (χ0n) is 28.7. The maximum Gasteiger partial charge on any atom is 0.264 e. The van der Waals surface area contributed by atoms with Crippen molar-refractivity contribution < 1.29 is 27.8 Å². The van der Waals surface area contributed by atoms with E-state index in [1.807, 2.05) is 25.1 Å². The maximum absolute atomic E-state index is 13.6. The number of benzene rings is 2. The van der Waals surface area contributed by atoms with Crippen LogP contribution in [0.1, 0.15) is 86.7 Å². The molecule has 4 heterocycles. The van der Waals surface area contributed by atoms with Crippen LogP contribution >= 0.6 is 11.6 Å². The lowest BCUT2D eigenvalue weighted by atomic mass is 9.62. The number of morpholine rings is 1. The molecule has 4 aliphatic heterocycles. The number of ether oxygens (including phenoxy) is 2. The number of anilines is 1. The number of hydrogen-bond donors (Lipinski definition) is 2. The molecule has 49 heavy (non-hydrogen) atoms. The fourth-order valence-corrected chi connectivity index (χ4v) is 11.5. The monoisotopic (exact) mass is 711 g/mol. The van der Waals surface area contributed by atoms with Gasteiger partial charge in [0.1, 0.15) is 5.75 Å². The van der Waals surface area contributed by atoms with Crippen molar-refractivity contribution in [3.8, 4) is 5.75 Å². The minimum Gasteiger partial charge on any atom is -0.490 e. The maximum atomic E-state index is 13.6. The van der Waals surface area contributed by atoms with Crippen LogP contribution in [-0.2, 0) is 26.6 Å². The standard InChI is InChI=1S/C38H50ClN3O6S/c1-24-5-3-14-38(44,22-41-19-31-17-30(41)20-47-31)33-10-7-28(33)18-42-21-37(13-4-6-26-15-29(39)9-11-32(26)37)23-48-35-12-8-27(16-34(35)42)36(43)40-49(45,46)25(24)2/h8-9,11-12,15-16,24-25,28,30-31,33,44H,3-7,10,13-14,17-23H2,1-2H3,(H,40,43)/t24-,25+,28-,30+,31+,33+,37-,38+/m0/s1. The van der Waals surface area contributed by atoms with Gasteiger partial charge in [0.2, 0.25) is 10.0 Å². The summed E-state index contributed by atoms with van der Waals surface area (Å²) in [5.41, 5.74) is 2.46. The van der Waals surface area contributed by atoms with E-state index in [0.29, 0.717) is 49.9 Å². The van der Waals surface area contributed by atoms with Crippen molar-refractivity contribution in [3.05, 3.63) is 58.1 Å². The molecule has 2 N–H and O–H groups in total. The quantitative estimate of drug-likeness (QED) is 0.432. The van der Waals surface area contributed by atoms with Crippen molar-refractivity contribution in [1.29, 1.82) is 0 Å². The van der Waals surface area contributed by atoms with Crippen LogP contribution < -0.4 is 14.4 Å². The lowest BCUT2D eigenvalue weighted by Crippen LogP contribution is -2.58. The summed E-state index contributed by atoms with van der Waals surface area (Å²) in [5, 5.41) is 12.7. The largest absolute Gasteiger partial charge is 0.490 e. The van der Waals surface area contributed by atoms with Gasteiger partial charge in [0.05, 0.1) is 35.9 Å². The number of likely N-dealkylation sites (tertiary alicyclic amines) is 1. The van der Waals surface area contributed by atoms with Crippen molar-refractivity contribution in [1.82, 2.24) is 9.62 Å². The molecule has 1 spiro atoms. The molecule has 2 aliphatic carbocycles. The first-order chi connectivity index (χ1) is 23.4. The first-order valence-electron chi connectivity index (χ1n) is 18.4. The highest BCUT2D eigenvalue weighted by molar-refractivity contribution is 7.90. The molecular weight excluding hydrogens is 662 g/mol. The Morgan fingerprint density at radius 1 is 1.06 bits per heavy atom. The second-order valence-electron chi connectivity index (χ2n) is 16.2. The lowest BCUT2D eigenvalue weighted by molar-refractivity contribution is -0.115. The molecule has 0 aromatic heterocycles. The van der Waals surface area contributed by atoms with Gasteiger partial charge in [0.15, 0.2) is 0 Å². The minimum absolute atomic E-state index is 0.115. The topological polar surface area (TPSA) is 108 Å². The van der Waals surface area contributed by atoms with Gasteiger partial charge >= 0.3 is 0 Å². The molecule has 2 aromatic rings. The molecule has 0 radical (unpaired) electrons. The average Bonchev–Trinajstić information content (AvgIpc) is 3.63. The number of aliphatic hydroxyl groups is 1. The van der Waals surface area contributed by atoms with Crippen molar-refractivity contribution in [2.75, 3.05) is 44.3 Å². The van der Waals surface area contributed by atoms with Gasteiger partial charge in [0, 0.05) is 48.2 Å². The van der Waals surface area contributed by atoms with Crippen LogP contribution in [0, 0.1) is 17.8 Å². The Balaban J connectivity index is 1.18. The Bertz CT molecular complexity index is 1720. The molecular formula is C38H50ClN3O6S. The van der Waals surface area contributed by atoms with Gasteiger partial charge in [-0.05, 0) is 118 Å². The minimum atomic E-state index is -3.94. The number of carbonyl (C=O) groups is 1. The van der Waals surface area contributed by atoms with Crippen LogP contribution in [0.5, 0.6) is 5.75 Å². The van der Waals surface area contributed by atoms with Crippen molar-refractivity contribution in [2.24, 2.45) is 17.8 Å². The number of nitrogens with zero attached hydrogens (tertiary/aromatic N) is 2. The van der Waals surface area contributed by atoms with Crippen LogP contribution in [0.25, 0.3) is 0 Å². The molecule has 4 bridgehead atoms. The zero-order chi connectivity index (χ0) is 34.1. The molecule has 2 aromatic carbocycles. The summed E-state index contributed by atoms with van der Waals surface area (Å²) in [6.45, 7) is 7.75. The number of carbonyl (C=O) groups excluding carboxylic acids is 1. The van der Waals surface area contributed by atoms with Gasteiger partial charge in [-0.25, -0.2) is 13.1 Å². The van der Waals surface area contributed by atoms with Gasteiger partial charge in [0.25, 0.3) is 5.91 Å². The summed E-state index contributed by atoms with van der Waals surface area (Å²) in [7, 11) is -3.94. The lowest BCUT2D eigenvalue weighted by Gasteiger charge is -2.51. The number of amides is 1. The van der Waals surface area contributed by atoms with Crippen molar-refractivity contribution in [3.63, 3.8) is 0 Å². The molecule has 1 saturated carbocycles. The third kappa shape index (κ3) is 6.17. The molecule has 11 heteroatoms. The third-order valence-electron chi connectivity index (χ3n) is 13.1. The average molecular weight is 712 g/mol. The fourth-order valence-electron chi connectivity index (χ4n) is 9.99. The summed E-state index contributed by atoms with van der Waals surface area (Å²) >= 11 is 6.47. The number of sulfonamides is 1. The molecule has 6 aliphatic rings. The molecule has 8 atom stereocenters. The number of β-amino-alcohol motifs (C(OH)–C–C–N with tert-alkyl or cyclic N) is 1. The number of halogens is 1. The SMILES string of the molecule is C[C@@H]1[C@@H](C)CCC[C@@](O)(CN2C[C@H]3C[C@@H]2CO3)[C@@H]2CC[C@H]2CN2C[C@@]3(CCCc4cc(Cl)ccc43)COc3ccc(cc32)C(=O)NS1(=O)=O. The van der Waals surface area contributed by atoms with E-state index in [1.165, 1.54) is 11.1 Å². The predicted molar refractivity (Wildman–Crippen MR) is 190 cm³/mol. The molecule has 2 saturated heterocycles. The van der Waals surface area contributed by atoms with Crippen molar-refractivity contribution in [2.45, 2.75) is 100 Å². The summed E-state index contributed by atoms with van der Waals surface area (Å²) in [5.74, 6) is 0.269. The highest BCUT2D eigenvalue weighted by Crippen LogP contribution is 2.49. The molecule has 9 nitrogen and oxygen atoms in total. The number of hydrogen-bond acceptors (Lipinski definition) is 8. The van der Waals surface area contributed by atoms with Crippen LogP contribution in [0.3, 0.4) is 0 Å². The Kier molecular flexibility index (Phi) is 8.74. The smallest absolute Gasteiger partial charge is 0.264 e. The van der Waals surface area contributed by atoms with E-state index in [1.54, 1.807) is 13.0 Å². The molecule has 3 fully saturated rings. The van der Waals surface area contributed by atoms with E-state index >= 15 is 0 Å². The number of rotatable bonds is 2. The molecule has 0 unspecified atom stereocenters. The van der Waals surface area contributed by atoms with Crippen LogP contribution in [0.2, 0.25) is 5.02 Å². The van der Waals surface area contributed by atoms with E-state index in [2.05, 4.69) is 26.7 Å². The van der Waals surface area contributed by atoms with E-state index in [-0.39, 0.29) is 29.3 Å². The zero-order valence-corrected chi connectivity index (χ0v) is 30.3. The summed E-state index contributed by atoms with van der Waals surface area (Å²) in [4.78, 5) is 18.4. The number of aryl methyl sites for hydroxylation is 1. The van der Waals surface area contributed by atoms with E-state index in [9.17, 15) is 18.3 Å². The summed E-state index contributed by atoms with van der Waals surface area (Å²) in [6.07, 6.45) is 8.23. The van der Waals surface area contributed by atoms with Crippen LogP contribution in [0.4, 0.5) is 5.69 Å². The number of fused-ring (bicyclic) bond motifs is 6. The van der Waals surface area contributed by atoms with E-state index in [0.717, 1.165) is 75.4 Å². The molecule has 1 amide bonds. The van der Waals surface area contributed by atoms with Gasteiger partial charge in [-0.3, -0.25) is 9.69 Å². The van der Waals surface area contributed by atoms with Crippen molar-refractivity contribution >= 4 is 33.2 Å². The second-order valence-corrected chi connectivity index (χ2v) is 18.6. The first-order valence-corrected chi connectivity index (χ1v) is 20.3. The Morgan fingerprint density at radius 2 is 1.92 bits per heavy atom. The third-order valence-corrected chi connectivity index (χ3v) is 15.3. The highest BCUT2D eigenvalue weighted by Gasteiger charge is 2.51. The summed E-state index contributed by atoms with van der Waals surface area (Å²) < 4.78 is 41.9. The summed E-state index contributed by atoms with van der Waals surface area (Å²) in [6, 6.07) is 11.9. The van der Waals surface area contributed by atoms with Gasteiger partial charge < -0.3 is 19.5 Å². The first kappa shape index (κ1) is 33.8. The molecule has 8 rings (SSSR count). The van der Waals surface area contributed by atoms with E-state index in [4.69, 9.17) is 21.1 Å². The second kappa shape index (κ2) is 12.7. The predicted octanol–water partition coefficient (Wildman–Crippen LogP) is 5.31. The number of nitrogens with one attached hydrogen (secondary N) is 1. The Morgan fingerprint density at radius 3 is 2.67 bits per heavy atom. The Labute approximate surface area is 295 Å².